The zero-order valence-corrected chi connectivity index (χ0v) is 31.9. The lowest BCUT2D eigenvalue weighted by atomic mass is 10.0. The molecule has 1 saturated heterocycles. The third kappa shape index (κ3) is 7.52. The summed E-state index contributed by atoms with van der Waals surface area (Å²) in [5.74, 6) is 3.60. The number of carbonyl (C=O) groups excluding carboxylic acids is 1. The van der Waals surface area contributed by atoms with E-state index in [2.05, 4.69) is 61.4 Å². The molecule has 2 atom stereocenters. The molecule has 1 fully saturated rings. The third-order valence-electron chi connectivity index (χ3n) is 9.50. The minimum atomic E-state index is -0.0840. The van der Waals surface area contributed by atoms with E-state index in [9.17, 15) is 4.79 Å². The molecule has 11 nitrogen and oxygen atoms in total. The van der Waals surface area contributed by atoms with Crippen molar-refractivity contribution in [1.29, 1.82) is 0 Å². The Hall–Kier alpha value is -4.87. The highest BCUT2D eigenvalue weighted by molar-refractivity contribution is 6.41. The molecule has 0 aliphatic carbocycles. The lowest BCUT2D eigenvalue weighted by Crippen LogP contribution is -2.59. The molecule has 0 radical (unpaired) electrons. The van der Waals surface area contributed by atoms with Crippen LogP contribution in [0.2, 0.25) is 10.2 Å². The van der Waals surface area contributed by atoms with Crippen LogP contribution < -0.4 is 19.3 Å². The Balaban J connectivity index is 1.47. The molecule has 2 aromatic heterocycles. The van der Waals surface area contributed by atoms with Crippen molar-refractivity contribution in [1.82, 2.24) is 24.8 Å². The van der Waals surface area contributed by atoms with Gasteiger partial charge in [-0.05, 0) is 67.3 Å². The maximum atomic E-state index is 12.6. The number of pyridine rings is 1. The van der Waals surface area contributed by atoms with Crippen molar-refractivity contribution in [2.24, 2.45) is 4.99 Å². The van der Waals surface area contributed by atoms with Gasteiger partial charge in [-0.25, -0.2) is 19.9 Å². The van der Waals surface area contributed by atoms with Crippen LogP contribution in [-0.4, -0.2) is 82.6 Å². The standard InChI is InChI=1S/C39H44Cl2N8O3/c1-8-33(50)47-18-26(5)48(19-25(47)4)37-31-17-32(40)36(41)45-38(31)49(23-44-37)35-34(24(2)3)42-22-43-39(35)46(20-27-9-13-29(51-6)14-10-27)21-28-11-15-30(52-7)16-12-28/h8-17,22,24-26H,1,18-21,23H2,2-7H3/t25-,26+/m1/s1. The van der Waals surface area contributed by atoms with Crippen LogP contribution in [0.1, 0.15) is 56.0 Å². The first-order chi connectivity index (χ1) is 25.0. The number of aromatic nitrogens is 3. The van der Waals surface area contributed by atoms with Crippen molar-refractivity contribution < 1.29 is 14.3 Å². The summed E-state index contributed by atoms with van der Waals surface area (Å²) >= 11 is 13.4. The zero-order chi connectivity index (χ0) is 37.1. The molecule has 4 heterocycles. The zero-order valence-electron chi connectivity index (χ0n) is 30.4. The molecule has 0 spiro atoms. The Morgan fingerprint density at radius 2 is 1.58 bits per heavy atom. The summed E-state index contributed by atoms with van der Waals surface area (Å²) in [5.41, 5.74) is 4.53. The molecule has 272 valence electrons. The molecule has 0 bridgehead atoms. The summed E-state index contributed by atoms with van der Waals surface area (Å²) < 4.78 is 10.9. The van der Waals surface area contributed by atoms with Crippen LogP contribution in [0.3, 0.4) is 0 Å². The predicted molar refractivity (Wildman–Crippen MR) is 207 cm³/mol. The van der Waals surface area contributed by atoms with Crippen LogP contribution in [0.15, 0.2) is 78.6 Å². The minimum absolute atomic E-state index is 0.0287. The number of carbonyl (C=O) groups is 1. The van der Waals surface area contributed by atoms with Gasteiger partial charge in [0.05, 0.1) is 30.5 Å². The largest absolute Gasteiger partial charge is 0.497 e. The van der Waals surface area contributed by atoms with Gasteiger partial charge in [0, 0.05) is 38.3 Å². The first-order valence-corrected chi connectivity index (χ1v) is 18.0. The number of methoxy groups -OCH3 is 2. The summed E-state index contributed by atoms with van der Waals surface area (Å²) in [7, 11) is 3.32. The normalized spacial score (nSPS) is 17.1. The van der Waals surface area contributed by atoms with E-state index in [1.807, 2.05) is 47.1 Å². The molecule has 1 amide bonds. The smallest absolute Gasteiger partial charge is 0.246 e. The quantitative estimate of drug-likeness (QED) is 0.121. The minimum Gasteiger partial charge on any atom is -0.497 e. The number of fused-ring (bicyclic) bond motifs is 1. The number of piperazine rings is 1. The Morgan fingerprint density at radius 3 is 2.13 bits per heavy atom. The van der Waals surface area contributed by atoms with Gasteiger partial charge >= 0.3 is 0 Å². The summed E-state index contributed by atoms with van der Waals surface area (Å²) in [4.78, 5) is 40.9. The third-order valence-corrected chi connectivity index (χ3v) is 10.2. The van der Waals surface area contributed by atoms with Crippen molar-refractivity contribution in [3.05, 3.63) is 106 Å². The number of ether oxygens (including phenoxy) is 2. The first-order valence-electron chi connectivity index (χ1n) is 17.3. The Labute approximate surface area is 315 Å². The van der Waals surface area contributed by atoms with E-state index in [4.69, 9.17) is 52.6 Å². The van der Waals surface area contributed by atoms with Crippen molar-refractivity contribution in [2.45, 2.75) is 58.8 Å². The monoisotopic (exact) mass is 742 g/mol. The molecule has 6 rings (SSSR count). The van der Waals surface area contributed by atoms with E-state index in [0.717, 1.165) is 51.2 Å². The van der Waals surface area contributed by atoms with E-state index >= 15 is 0 Å². The number of nitrogens with zero attached hydrogens (tertiary/aromatic N) is 8. The number of hydrogen-bond donors (Lipinski definition) is 0. The number of amidine groups is 1. The van der Waals surface area contributed by atoms with Gasteiger partial charge in [0.1, 0.15) is 47.0 Å². The second kappa shape index (κ2) is 15.8. The molecule has 52 heavy (non-hydrogen) atoms. The molecule has 2 aliphatic rings. The van der Waals surface area contributed by atoms with Gasteiger partial charge in [0.2, 0.25) is 5.91 Å². The Kier molecular flexibility index (Phi) is 11.2. The highest BCUT2D eigenvalue weighted by Crippen LogP contribution is 2.43. The average Bonchev–Trinajstić information content (AvgIpc) is 3.15. The fourth-order valence-electron chi connectivity index (χ4n) is 6.79. The van der Waals surface area contributed by atoms with Gasteiger partial charge in [0.15, 0.2) is 5.82 Å². The van der Waals surface area contributed by atoms with Crippen molar-refractivity contribution in [2.75, 3.05) is 43.8 Å². The van der Waals surface area contributed by atoms with E-state index in [1.165, 1.54) is 6.08 Å². The molecule has 4 aromatic rings. The number of halogens is 2. The van der Waals surface area contributed by atoms with Gasteiger partial charge < -0.3 is 29.1 Å². The fraction of sp³-hybridized carbons (Fsp3) is 0.359. The lowest BCUT2D eigenvalue weighted by Gasteiger charge is -2.46. The molecule has 0 N–H and O–H groups in total. The summed E-state index contributed by atoms with van der Waals surface area (Å²) in [6.45, 7) is 14.5. The van der Waals surface area contributed by atoms with Crippen LogP contribution in [0.5, 0.6) is 11.5 Å². The SMILES string of the molecule is C=CC(=O)N1C[C@H](C)N(C2=NCN(c3c(C(C)C)ncnc3N(Cc3ccc(OC)cc3)Cc3ccc(OC)cc3)c3nc(Cl)c(Cl)cc32)C[C@H]1C. The average molecular weight is 744 g/mol. The second-order valence-electron chi connectivity index (χ2n) is 13.4. The maximum Gasteiger partial charge on any atom is 0.246 e. The van der Waals surface area contributed by atoms with Crippen LogP contribution in [-0.2, 0) is 17.9 Å². The molecule has 0 saturated carbocycles. The molecule has 0 unspecified atom stereocenters. The van der Waals surface area contributed by atoms with Crippen molar-refractivity contribution in [3.63, 3.8) is 0 Å². The second-order valence-corrected chi connectivity index (χ2v) is 14.1. The van der Waals surface area contributed by atoms with Gasteiger partial charge in [-0.15, -0.1) is 0 Å². The highest BCUT2D eigenvalue weighted by atomic mass is 35.5. The van der Waals surface area contributed by atoms with Crippen LogP contribution in [0.25, 0.3) is 0 Å². The van der Waals surface area contributed by atoms with Crippen LogP contribution in [0, 0.1) is 0 Å². The molecular formula is C39H44Cl2N8O3. The fourth-order valence-corrected chi connectivity index (χ4v) is 7.08. The lowest BCUT2D eigenvalue weighted by molar-refractivity contribution is -0.130. The molecular weight excluding hydrogens is 699 g/mol. The number of benzene rings is 2. The maximum absolute atomic E-state index is 12.6. The van der Waals surface area contributed by atoms with E-state index in [0.29, 0.717) is 37.0 Å². The van der Waals surface area contributed by atoms with Gasteiger partial charge in [0.25, 0.3) is 0 Å². The Bertz CT molecular complexity index is 1910. The molecule has 13 heteroatoms. The summed E-state index contributed by atoms with van der Waals surface area (Å²) in [6, 6.07) is 17.8. The number of amides is 1. The number of aliphatic imine (C=N–C) groups is 1. The number of hydrogen-bond acceptors (Lipinski definition) is 10. The van der Waals surface area contributed by atoms with E-state index in [-0.39, 0.29) is 35.7 Å². The summed E-state index contributed by atoms with van der Waals surface area (Å²) in [5, 5.41) is 0.512. The van der Waals surface area contributed by atoms with Crippen molar-refractivity contribution in [3.8, 4) is 11.5 Å². The van der Waals surface area contributed by atoms with E-state index < -0.39 is 0 Å². The van der Waals surface area contributed by atoms with E-state index in [1.54, 1.807) is 20.5 Å². The van der Waals surface area contributed by atoms with Crippen molar-refractivity contribution >= 4 is 52.3 Å². The highest BCUT2D eigenvalue weighted by Gasteiger charge is 2.38. The van der Waals surface area contributed by atoms with Gasteiger partial charge in [-0.1, -0.05) is 67.9 Å². The Morgan fingerprint density at radius 1 is 0.962 bits per heavy atom. The number of rotatable bonds is 10. The number of anilines is 3. The van der Waals surface area contributed by atoms with Gasteiger partial charge in [-0.2, -0.15) is 0 Å². The topological polar surface area (TPSA) is 99.5 Å². The van der Waals surface area contributed by atoms with Gasteiger partial charge in [-0.3, -0.25) is 4.79 Å². The summed E-state index contributed by atoms with van der Waals surface area (Å²) in [6.07, 6.45) is 2.99. The molecule has 2 aliphatic heterocycles. The molecule has 2 aromatic carbocycles. The predicted octanol–water partition coefficient (Wildman–Crippen LogP) is 7.49. The first kappa shape index (κ1) is 36.9. The van der Waals surface area contributed by atoms with Crippen LogP contribution in [0.4, 0.5) is 17.3 Å². The van der Waals surface area contributed by atoms with Crippen LogP contribution >= 0.6 is 23.2 Å².